The molecule has 0 aromatic heterocycles. The van der Waals surface area contributed by atoms with Crippen molar-refractivity contribution in [2.45, 2.75) is 137 Å². The predicted octanol–water partition coefficient (Wildman–Crippen LogP) is 12.3. The second kappa shape index (κ2) is 15.1. The third-order valence-electron chi connectivity index (χ3n) is 12.8. The predicted molar refractivity (Wildman–Crippen MR) is 230 cm³/mol. The topological polar surface area (TPSA) is 40.5 Å². The molecule has 2 aliphatic rings. The minimum Gasteiger partial charge on any atom is -0.392 e. The molecule has 0 bridgehead atoms. The van der Waals surface area contributed by atoms with Crippen molar-refractivity contribution >= 4 is 17.1 Å². The Labute approximate surface area is 327 Å². The van der Waals surface area contributed by atoms with Crippen molar-refractivity contribution in [1.82, 2.24) is 4.90 Å². The molecule has 1 N–H and O–H groups in total. The molecule has 286 valence electrons. The van der Waals surface area contributed by atoms with Crippen LogP contribution in [0.4, 0.5) is 0 Å². The number of rotatable bonds is 7. The highest BCUT2D eigenvalue weighted by Crippen LogP contribution is 2.49. The van der Waals surface area contributed by atoms with E-state index in [0.717, 1.165) is 33.4 Å². The van der Waals surface area contributed by atoms with E-state index in [1.54, 1.807) is 11.8 Å². The van der Waals surface area contributed by atoms with E-state index in [1.165, 1.54) is 70.2 Å². The summed E-state index contributed by atoms with van der Waals surface area (Å²) in [5, 5.41) is 9.24. The molecule has 0 radical (unpaired) electrons. The number of benzene rings is 4. The van der Waals surface area contributed by atoms with Crippen LogP contribution in [0.25, 0.3) is 11.1 Å². The molecule has 3 nitrogen and oxygen atoms in total. The van der Waals surface area contributed by atoms with Gasteiger partial charge in [0.1, 0.15) is 0 Å². The van der Waals surface area contributed by atoms with E-state index in [1.807, 2.05) is 19.2 Å². The summed E-state index contributed by atoms with van der Waals surface area (Å²) in [7, 11) is 1.83. The summed E-state index contributed by atoms with van der Waals surface area (Å²) < 4.78 is 0. The fourth-order valence-electron chi connectivity index (χ4n) is 8.41. The second-order valence-electron chi connectivity index (χ2n) is 18.8. The first-order valence-electron chi connectivity index (χ1n) is 19.8. The van der Waals surface area contributed by atoms with Gasteiger partial charge in [-0.3, -0.25) is 4.79 Å². The number of amides is 1. The van der Waals surface area contributed by atoms with Crippen LogP contribution in [0.2, 0.25) is 0 Å². The van der Waals surface area contributed by atoms with Gasteiger partial charge in [-0.15, -0.1) is 0 Å². The zero-order valence-electron chi connectivity index (χ0n) is 35.4. The van der Waals surface area contributed by atoms with Crippen molar-refractivity contribution in [3.8, 4) is 0 Å². The minimum atomic E-state index is 0.0773. The van der Waals surface area contributed by atoms with E-state index in [9.17, 15) is 9.90 Å². The van der Waals surface area contributed by atoms with Crippen molar-refractivity contribution in [2.24, 2.45) is 0 Å². The molecule has 0 fully saturated rings. The molecule has 0 atom stereocenters. The first-order valence-corrected chi connectivity index (χ1v) is 19.8. The summed E-state index contributed by atoms with van der Waals surface area (Å²) in [5.41, 5.74) is 18.3. The van der Waals surface area contributed by atoms with Gasteiger partial charge in [0, 0.05) is 20.5 Å². The van der Waals surface area contributed by atoms with Gasteiger partial charge in [0.2, 0.25) is 5.91 Å². The standard InChI is InChI=1S/C27H35NO.C24H30O/c1-18-15-24-25(27(6,7)14-13-26(24,4)5)16-23(18)19(2)22-11-9-21(10-12-22)17-28(8)20(3)29;1-16-13-21-22(24(5,6)12-11-23(21,3)4)14-20(16)17(2)19-9-7-18(15-25)8-10-19/h9-12,15-16H,2,13-14,17H2,1,3-8H3;7-10,13-14,25H,2,11-12,15H2,1,3-6H3. The van der Waals surface area contributed by atoms with Crippen LogP contribution in [0.15, 0.2) is 86.0 Å². The Hall–Kier alpha value is -4.21. The van der Waals surface area contributed by atoms with E-state index in [0.29, 0.717) is 6.54 Å². The average Bonchev–Trinajstić information content (AvgIpc) is 3.12. The number of hydrogen-bond acceptors (Lipinski definition) is 2. The number of aliphatic hydroxyl groups excluding tert-OH is 1. The van der Waals surface area contributed by atoms with Gasteiger partial charge in [0.25, 0.3) is 0 Å². The van der Waals surface area contributed by atoms with Gasteiger partial charge in [-0.25, -0.2) is 0 Å². The monoisotopic (exact) mass is 724 g/mol. The molecule has 2 aliphatic carbocycles. The lowest BCUT2D eigenvalue weighted by atomic mass is 9.62. The smallest absolute Gasteiger partial charge is 0.219 e. The lowest BCUT2D eigenvalue weighted by molar-refractivity contribution is -0.128. The van der Waals surface area contributed by atoms with Crippen LogP contribution in [0.5, 0.6) is 0 Å². The largest absolute Gasteiger partial charge is 0.392 e. The Kier molecular flexibility index (Phi) is 11.5. The normalized spacial score (nSPS) is 17.3. The van der Waals surface area contributed by atoms with Crippen LogP contribution >= 0.6 is 0 Å². The number of carbonyl (C=O) groups excluding carboxylic acids is 1. The zero-order valence-corrected chi connectivity index (χ0v) is 35.4. The van der Waals surface area contributed by atoms with Crippen LogP contribution in [0, 0.1) is 13.8 Å². The molecule has 0 spiro atoms. The number of carbonyl (C=O) groups is 1. The molecule has 1 amide bonds. The van der Waals surface area contributed by atoms with E-state index in [2.05, 4.69) is 143 Å². The maximum absolute atomic E-state index is 11.5. The SMILES string of the molecule is C=C(c1ccc(CN(C)C(C)=O)cc1)c1cc2c(cc1C)C(C)(C)CCC2(C)C.C=C(c1ccc(CO)cc1)c1cc2c(cc1C)C(C)(C)CCC2(C)C. The van der Waals surface area contributed by atoms with Crippen LogP contribution in [0.1, 0.15) is 155 Å². The Bertz CT molecular complexity index is 2050. The number of hydrogen-bond donors (Lipinski definition) is 1. The van der Waals surface area contributed by atoms with Crippen molar-refractivity contribution in [1.29, 1.82) is 0 Å². The first kappa shape index (κ1) is 41.0. The van der Waals surface area contributed by atoms with E-state index < -0.39 is 0 Å². The molecule has 54 heavy (non-hydrogen) atoms. The summed E-state index contributed by atoms with van der Waals surface area (Å²) in [4.78, 5) is 13.2. The first-order chi connectivity index (χ1) is 25.1. The zero-order chi connectivity index (χ0) is 40.0. The van der Waals surface area contributed by atoms with Gasteiger partial charge in [-0.2, -0.15) is 0 Å². The Balaban J connectivity index is 0.000000210. The highest BCUT2D eigenvalue weighted by atomic mass is 16.3. The van der Waals surface area contributed by atoms with Crippen LogP contribution in [-0.4, -0.2) is 23.0 Å². The maximum atomic E-state index is 11.5. The molecule has 0 saturated carbocycles. The third kappa shape index (κ3) is 8.37. The van der Waals surface area contributed by atoms with Gasteiger partial charge >= 0.3 is 0 Å². The summed E-state index contributed by atoms with van der Waals surface area (Å²) in [5.74, 6) is 0.0775. The molecule has 3 heteroatoms. The van der Waals surface area contributed by atoms with Gasteiger partial charge in [-0.1, -0.05) is 141 Å². The number of nitrogens with zero attached hydrogens (tertiary/aromatic N) is 1. The van der Waals surface area contributed by atoms with Crippen LogP contribution in [0.3, 0.4) is 0 Å². The molecule has 0 unspecified atom stereocenters. The fourth-order valence-corrected chi connectivity index (χ4v) is 8.41. The lowest BCUT2D eigenvalue weighted by Gasteiger charge is -2.42. The number of fused-ring (bicyclic) bond motifs is 2. The molecule has 0 heterocycles. The Morgan fingerprint density at radius 3 is 1.22 bits per heavy atom. The van der Waals surface area contributed by atoms with E-state index in [-0.39, 0.29) is 34.2 Å². The van der Waals surface area contributed by atoms with E-state index >= 15 is 0 Å². The van der Waals surface area contributed by atoms with Gasteiger partial charge < -0.3 is 10.0 Å². The summed E-state index contributed by atoms with van der Waals surface area (Å²) >= 11 is 0. The lowest BCUT2D eigenvalue weighted by Crippen LogP contribution is -2.34. The van der Waals surface area contributed by atoms with Crippen molar-refractivity contribution in [2.75, 3.05) is 7.05 Å². The van der Waals surface area contributed by atoms with Crippen molar-refractivity contribution in [3.63, 3.8) is 0 Å². The van der Waals surface area contributed by atoms with Crippen molar-refractivity contribution < 1.29 is 9.90 Å². The summed E-state index contributed by atoms with van der Waals surface area (Å²) in [6, 6.07) is 26.1. The number of aryl methyl sites for hydroxylation is 2. The van der Waals surface area contributed by atoms with Gasteiger partial charge in [0.05, 0.1) is 6.61 Å². The van der Waals surface area contributed by atoms with Crippen LogP contribution in [-0.2, 0) is 39.6 Å². The molecule has 4 aromatic carbocycles. The van der Waals surface area contributed by atoms with Gasteiger partial charge in [0.15, 0.2) is 0 Å². The number of aliphatic hydroxyl groups is 1. The minimum absolute atomic E-state index is 0.0773. The molecular formula is C51H65NO2. The summed E-state index contributed by atoms with van der Waals surface area (Å²) in [6.07, 6.45) is 4.88. The van der Waals surface area contributed by atoms with E-state index in [4.69, 9.17) is 0 Å². The van der Waals surface area contributed by atoms with Crippen molar-refractivity contribution in [3.05, 3.63) is 153 Å². The highest BCUT2D eigenvalue weighted by molar-refractivity contribution is 5.82. The molecule has 0 saturated heterocycles. The highest BCUT2D eigenvalue weighted by Gasteiger charge is 2.39. The molecule has 4 aromatic rings. The quantitative estimate of drug-likeness (QED) is 0.206. The second-order valence-corrected chi connectivity index (χ2v) is 18.8. The summed E-state index contributed by atoms with van der Waals surface area (Å²) in [6.45, 7) is 34.4. The van der Waals surface area contributed by atoms with Crippen LogP contribution < -0.4 is 0 Å². The molecule has 0 aliphatic heterocycles. The average molecular weight is 724 g/mol. The molecular weight excluding hydrogens is 659 g/mol. The third-order valence-corrected chi connectivity index (χ3v) is 12.8. The fraction of sp³-hybridized carbons (Fsp3) is 0.431. The molecule has 6 rings (SSSR count). The maximum Gasteiger partial charge on any atom is 0.219 e. The van der Waals surface area contributed by atoms with Gasteiger partial charge in [-0.05, 0) is 139 Å². The Morgan fingerprint density at radius 2 is 0.907 bits per heavy atom. The Morgan fingerprint density at radius 1 is 0.593 bits per heavy atom.